The van der Waals surface area contributed by atoms with E-state index in [0.29, 0.717) is 16.4 Å². The van der Waals surface area contributed by atoms with Crippen LogP contribution >= 0.6 is 11.6 Å². The number of rotatable bonds is 4. The van der Waals surface area contributed by atoms with Crippen LogP contribution in [0.5, 0.6) is 0 Å². The highest BCUT2D eigenvalue weighted by molar-refractivity contribution is 6.29. The fourth-order valence-electron chi connectivity index (χ4n) is 1.93. The van der Waals surface area contributed by atoms with Gasteiger partial charge in [0.2, 0.25) is 0 Å². The second-order valence-electron chi connectivity index (χ2n) is 4.76. The molecule has 0 aromatic carbocycles. The molecule has 0 spiro atoms. The van der Waals surface area contributed by atoms with E-state index < -0.39 is 0 Å². The maximum absolute atomic E-state index is 12.4. The van der Waals surface area contributed by atoms with Gasteiger partial charge < -0.3 is 10.2 Å². The van der Waals surface area contributed by atoms with Crippen molar-refractivity contribution < 1.29 is 4.79 Å². The number of hydrogen-bond donors (Lipinski definition) is 1. The molecule has 2 aromatic rings. The number of aryl methyl sites for hydroxylation is 1. The van der Waals surface area contributed by atoms with Crippen LogP contribution in [0.4, 0.5) is 11.4 Å². The van der Waals surface area contributed by atoms with Crippen LogP contribution in [0.15, 0.2) is 30.6 Å². The van der Waals surface area contributed by atoms with E-state index in [1.54, 1.807) is 24.5 Å². The molecule has 0 fully saturated rings. The van der Waals surface area contributed by atoms with Crippen molar-refractivity contribution in [1.82, 2.24) is 9.97 Å². The molecule has 0 aliphatic heterocycles. The summed E-state index contributed by atoms with van der Waals surface area (Å²) < 4.78 is 0. The molecular weight excluding hydrogens is 288 g/mol. The maximum atomic E-state index is 12.4. The lowest BCUT2D eigenvalue weighted by Crippen LogP contribution is -2.17. The third-order valence-electron chi connectivity index (χ3n) is 3.00. The van der Waals surface area contributed by atoms with E-state index in [4.69, 9.17) is 11.6 Å². The molecule has 0 bridgehead atoms. The Morgan fingerprint density at radius 2 is 2.14 bits per heavy atom. The summed E-state index contributed by atoms with van der Waals surface area (Å²) in [4.78, 5) is 22.5. The first-order valence-corrected chi connectivity index (χ1v) is 6.98. The molecule has 2 heterocycles. The number of anilines is 2. The minimum Gasteiger partial charge on any atom is -0.376 e. The van der Waals surface area contributed by atoms with Gasteiger partial charge in [-0.2, -0.15) is 0 Å². The minimum atomic E-state index is -0.231. The summed E-state index contributed by atoms with van der Waals surface area (Å²) in [5.74, 6) is -0.231. The first-order valence-electron chi connectivity index (χ1n) is 6.60. The van der Waals surface area contributed by atoms with Crippen molar-refractivity contribution in [3.05, 3.63) is 47.0 Å². The SMILES string of the molecule is CCc1cc(C(=O)Nc2cnccc2N(C)C)cc(Cl)n1. The summed E-state index contributed by atoms with van der Waals surface area (Å²) in [7, 11) is 3.81. The van der Waals surface area contributed by atoms with Gasteiger partial charge in [0.15, 0.2) is 0 Å². The summed E-state index contributed by atoms with van der Waals surface area (Å²) in [5, 5.41) is 3.18. The molecule has 0 atom stereocenters. The molecule has 0 saturated heterocycles. The zero-order valence-electron chi connectivity index (χ0n) is 12.2. The van der Waals surface area contributed by atoms with Crippen molar-refractivity contribution in [3.63, 3.8) is 0 Å². The Kier molecular flexibility index (Phi) is 4.75. The Morgan fingerprint density at radius 1 is 1.38 bits per heavy atom. The molecule has 1 amide bonds. The van der Waals surface area contributed by atoms with Crippen LogP contribution in [0.2, 0.25) is 5.15 Å². The van der Waals surface area contributed by atoms with Gasteiger partial charge in [-0.3, -0.25) is 9.78 Å². The van der Waals surface area contributed by atoms with Crippen molar-refractivity contribution in [1.29, 1.82) is 0 Å². The average molecular weight is 305 g/mol. The van der Waals surface area contributed by atoms with Gasteiger partial charge in [-0.1, -0.05) is 18.5 Å². The molecule has 0 unspecified atom stereocenters. The Bertz CT molecular complexity index is 658. The topological polar surface area (TPSA) is 58.1 Å². The Labute approximate surface area is 129 Å². The molecule has 21 heavy (non-hydrogen) atoms. The fraction of sp³-hybridized carbons (Fsp3) is 0.267. The highest BCUT2D eigenvalue weighted by Crippen LogP contribution is 2.23. The highest BCUT2D eigenvalue weighted by atomic mass is 35.5. The van der Waals surface area contributed by atoms with Crippen LogP contribution < -0.4 is 10.2 Å². The minimum absolute atomic E-state index is 0.231. The molecule has 2 rings (SSSR count). The molecule has 6 heteroatoms. The molecule has 5 nitrogen and oxygen atoms in total. The summed E-state index contributed by atoms with van der Waals surface area (Å²) in [6.07, 6.45) is 4.02. The van der Waals surface area contributed by atoms with Crippen molar-refractivity contribution in [3.8, 4) is 0 Å². The Morgan fingerprint density at radius 3 is 2.81 bits per heavy atom. The largest absolute Gasteiger partial charge is 0.376 e. The van der Waals surface area contributed by atoms with Gasteiger partial charge in [0, 0.05) is 31.5 Å². The van der Waals surface area contributed by atoms with E-state index >= 15 is 0 Å². The van der Waals surface area contributed by atoms with Crippen LogP contribution in [-0.4, -0.2) is 30.0 Å². The zero-order chi connectivity index (χ0) is 15.4. The number of carbonyl (C=O) groups excluding carboxylic acids is 1. The van der Waals surface area contributed by atoms with Crippen LogP contribution in [0, 0.1) is 0 Å². The maximum Gasteiger partial charge on any atom is 0.255 e. The number of nitrogens with one attached hydrogen (secondary N) is 1. The van der Waals surface area contributed by atoms with Crippen LogP contribution in [0.1, 0.15) is 23.0 Å². The molecule has 0 radical (unpaired) electrons. The lowest BCUT2D eigenvalue weighted by atomic mass is 10.2. The molecule has 2 aromatic heterocycles. The highest BCUT2D eigenvalue weighted by Gasteiger charge is 2.12. The van der Waals surface area contributed by atoms with Crippen LogP contribution in [0.3, 0.4) is 0 Å². The van der Waals surface area contributed by atoms with E-state index in [9.17, 15) is 4.79 Å². The van der Waals surface area contributed by atoms with E-state index in [0.717, 1.165) is 17.8 Å². The number of pyridine rings is 2. The summed E-state index contributed by atoms with van der Waals surface area (Å²) in [6.45, 7) is 1.96. The van der Waals surface area contributed by atoms with Gasteiger partial charge in [-0.05, 0) is 24.6 Å². The molecular formula is C15H17ClN4O. The zero-order valence-corrected chi connectivity index (χ0v) is 13.0. The van der Waals surface area contributed by atoms with Gasteiger partial charge in [-0.25, -0.2) is 4.98 Å². The second-order valence-corrected chi connectivity index (χ2v) is 5.15. The summed E-state index contributed by atoms with van der Waals surface area (Å²) in [5.41, 5.74) is 2.81. The van der Waals surface area contributed by atoms with E-state index in [1.165, 1.54) is 0 Å². The van der Waals surface area contributed by atoms with Crippen molar-refractivity contribution in [2.45, 2.75) is 13.3 Å². The molecule has 0 aliphatic carbocycles. The van der Waals surface area contributed by atoms with Crippen molar-refractivity contribution in [2.75, 3.05) is 24.3 Å². The second kappa shape index (κ2) is 6.54. The van der Waals surface area contributed by atoms with Crippen molar-refractivity contribution in [2.24, 2.45) is 0 Å². The first kappa shape index (κ1) is 15.3. The van der Waals surface area contributed by atoms with Crippen LogP contribution in [-0.2, 0) is 6.42 Å². The standard InChI is InChI=1S/C15H17ClN4O/c1-4-11-7-10(8-14(16)18-11)15(21)19-12-9-17-6-5-13(12)20(2)3/h5-9H,4H2,1-3H3,(H,19,21). The molecule has 0 aliphatic rings. The van der Waals surface area contributed by atoms with Gasteiger partial charge in [-0.15, -0.1) is 0 Å². The lowest BCUT2D eigenvalue weighted by molar-refractivity contribution is 0.102. The first-order chi connectivity index (χ1) is 10.0. The predicted octanol–water partition coefficient (Wildman–Crippen LogP) is 3.01. The van der Waals surface area contributed by atoms with Crippen LogP contribution in [0.25, 0.3) is 0 Å². The number of hydrogen-bond acceptors (Lipinski definition) is 4. The Balaban J connectivity index is 2.28. The summed E-state index contributed by atoms with van der Waals surface area (Å²) in [6, 6.07) is 5.14. The third kappa shape index (κ3) is 3.70. The normalized spacial score (nSPS) is 10.3. The smallest absolute Gasteiger partial charge is 0.255 e. The fourth-order valence-corrected chi connectivity index (χ4v) is 2.16. The lowest BCUT2D eigenvalue weighted by Gasteiger charge is -2.17. The Hall–Kier alpha value is -2.14. The van der Waals surface area contributed by atoms with E-state index in [-0.39, 0.29) is 5.91 Å². The summed E-state index contributed by atoms with van der Waals surface area (Å²) >= 11 is 5.95. The third-order valence-corrected chi connectivity index (χ3v) is 3.19. The molecule has 1 N–H and O–H groups in total. The average Bonchev–Trinajstić information content (AvgIpc) is 2.46. The number of aromatic nitrogens is 2. The van der Waals surface area contributed by atoms with E-state index in [2.05, 4.69) is 15.3 Å². The quantitative estimate of drug-likeness (QED) is 0.882. The number of nitrogens with zero attached hydrogens (tertiary/aromatic N) is 3. The monoisotopic (exact) mass is 304 g/mol. The van der Waals surface area contributed by atoms with Gasteiger partial charge >= 0.3 is 0 Å². The van der Waals surface area contributed by atoms with E-state index in [1.807, 2.05) is 32.0 Å². The van der Waals surface area contributed by atoms with Gasteiger partial charge in [0.05, 0.1) is 17.6 Å². The van der Waals surface area contributed by atoms with Crippen molar-refractivity contribution >= 4 is 28.9 Å². The predicted molar refractivity (Wildman–Crippen MR) is 85.1 cm³/mol. The number of carbonyl (C=O) groups is 1. The van der Waals surface area contributed by atoms with Gasteiger partial charge in [0.1, 0.15) is 5.15 Å². The number of halogens is 1. The number of amides is 1. The molecule has 0 saturated carbocycles. The van der Waals surface area contributed by atoms with Gasteiger partial charge in [0.25, 0.3) is 5.91 Å². The molecule has 110 valence electrons.